The molecule has 1 N–H and O–H groups in total. The second kappa shape index (κ2) is 13.6. The Labute approximate surface area is 161 Å². The van der Waals surface area contributed by atoms with Crippen LogP contribution in [0.2, 0.25) is 0 Å². The third-order valence-electron chi connectivity index (χ3n) is 5.75. The lowest BCUT2D eigenvalue weighted by molar-refractivity contribution is -0.264. The van der Waals surface area contributed by atoms with Gasteiger partial charge in [0.05, 0.1) is 0 Å². The molecule has 2 rings (SSSR count). The van der Waals surface area contributed by atoms with Crippen molar-refractivity contribution in [1.29, 1.82) is 0 Å². The van der Waals surface area contributed by atoms with E-state index in [-0.39, 0.29) is 18.0 Å². The van der Waals surface area contributed by atoms with Crippen molar-refractivity contribution in [2.75, 3.05) is 13.2 Å². The molecule has 2 aliphatic heterocycles. The molecule has 2 aliphatic rings. The first-order chi connectivity index (χ1) is 12.6. The highest BCUT2D eigenvalue weighted by molar-refractivity contribution is 5.03. The Bertz CT molecular complexity index is 358. The first-order valence-electron chi connectivity index (χ1n) is 10.6. The zero-order valence-electron chi connectivity index (χ0n) is 17.2. The van der Waals surface area contributed by atoms with Crippen molar-refractivity contribution >= 4 is 0 Å². The summed E-state index contributed by atoms with van der Waals surface area (Å²) in [4.78, 5) is 0. The van der Waals surface area contributed by atoms with Crippen LogP contribution in [0.3, 0.4) is 0 Å². The van der Waals surface area contributed by atoms with E-state index in [9.17, 15) is 5.11 Å². The van der Waals surface area contributed by atoms with Gasteiger partial charge in [-0.3, -0.25) is 0 Å². The lowest BCUT2D eigenvalue weighted by Gasteiger charge is -2.34. The number of aliphatic hydroxyl groups is 1. The highest BCUT2D eigenvalue weighted by atomic mass is 16.8. The maximum atomic E-state index is 9.76. The van der Waals surface area contributed by atoms with Crippen LogP contribution >= 0.6 is 0 Å². The van der Waals surface area contributed by atoms with E-state index in [4.69, 9.17) is 20.6 Å². The first kappa shape index (κ1) is 23.4. The minimum atomic E-state index is -0.575. The van der Waals surface area contributed by atoms with Crippen molar-refractivity contribution in [2.24, 2.45) is 5.41 Å². The molecular weight excluding hydrogens is 328 g/mol. The predicted molar refractivity (Wildman–Crippen MR) is 106 cm³/mol. The van der Waals surface area contributed by atoms with Crippen molar-refractivity contribution in [3.05, 3.63) is 0 Å². The Morgan fingerprint density at radius 2 is 1.58 bits per heavy atom. The van der Waals surface area contributed by atoms with Crippen LogP contribution in [0.25, 0.3) is 0 Å². The zero-order chi connectivity index (χ0) is 19.3. The second-order valence-electron chi connectivity index (χ2n) is 7.47. The van der Waals surface area contributed by atoms with Crippen molar-refractivity contribution in [2.45, 2.75) is 110 Å². The maximum absolute atomic E-state index is 9.76. The van der Waals surface area contributed by atoms with Gasteiger partial charge in [-0.25, -0.2) is 0 Å². The summed E-state index contributed by atoms with van der Waals surface area (Å²) in [5.41, 5.74) is -0.0369. The Hall–Kier alpha value is -0.600. The SMILES string of the molecule is C#CC(O)C(CC)(CC)CCCC.C1CCC(OC2CCCCO2)OC1. The van der Waals surface area contributed by atoms with E-state index in [1.807, 2.05) is 0 Å². The molecule has 0 saturated carbocycles. The minimum Gasteiger partial charge on any atom is -0.380 e. The standard InChI is InChI=1S/C12H22O.C10H18O3/c1-5-9-10-12(7-3,8-4)11(13)6-2;1-3-7-11-9(5-1)13-10-6-2-4-8-12-10/h2,11,13H,5,7-10H2,1,3-4H3;9-10H,1-8H2. The lowest BCUT2D eigenvalue weighted by atomic mass is 9.73. The molecular formula is C22H40O4. The van der Waals surface area contributed by atoms with E-state index in [0.717, 1.165) is 51.7 Å². The number of terminal acetylenes is 1. The molecule has 4 nitrogen and oxygen atoms in total. The van der Waals surface area contributed by atoms with Crippen LogP contribution in [0.5, 0.6) is 0 Å². The molecule has 0 amide bonds. The number of ether oxygens (including phenoxy) is 3. The molecule has 0 aliphatic carbocycles. The van der Waals surface area contributed by atoms with Gasteiger partial charge in [-0.15, -0.1) is 6.42 Å². The molecule has 2 saturated heterocycles. The second-order valence-corrected chi connectivity index (χ2v) is 7.47. The zero-order valence-corrected chi connectivity index (χ0v) is 17.2. The summed E-state index contributed by atoms with van der Waals surface area (Å²) in [6.07, 6.45) is 16.8. The third-order valence-corrected chi connectivity index (χ3v) is 5.75. The monoisotopic (exact) mass is 368 g/mol. The van der Waals surface area contributed by atoms with Crippen molar-refractivity contribution in [3.8, 4) is 12.3 Å². The van der Waals surface area contributed by atoms with Crippen LogP contribution in [-0.4, -0.2) is 37.0 Å². The quantitative estimate of drug-likeness (QED) is 0.610. The van der Waals surface area contributed by atoms with Crippen LogP contribution in [0.15, 0.2) is 0 Å². The molecule has 0 aromatic carbocycles. The smallest absolute Gasteiger partial charge is 0.160 e. The minimum absolute atomic E-state index is 0.00292. The third kappa shape index (κ3) is 7.96. The van der Waals surface area contributed by atoms with Gasteiger partial charge in [-0.1, -0.05) is 39.5 Å². The largest absolute Gasteiger partial charge is 0.380 e. The number of unbranched alkanes of at least 4 members (excludes halogenated alkanes) is 1. The summed E-state index contributed by atoms with van der Waals surface area (Å²) in [6.45, 7) is 8.08. The van der Waals surface area contributed by atoms with Crippen LogP contribution in [0.4, 0.5) is 0 Å². The van der Waals surface area contributed by atoms with E-state index in [1.54, 1.807) is 0 Å². The average Bonchev–Trinajstić information content (AvgIpc) is 2.71. The molecule has 3 atom stereocenters. The fourth-order valence-electron chi connectivity index (χ4n) is 3.64. The van der Waals surface area contributed by atoms with Crippen molar-refractivity contribution < 1.29 is 19.3 Å². The highest BCUT2D eigenvalue weighted by Crippen LogP contribution is 2.36. The van der Waals surface area contributed by atoms with Crippen molar-refractivity contribution in [3.63, 3.8) is 0 Å². The Kier molecular flexibility index (Phi) is 12.2. The molecule has 0 aromatic rings. The predicted octanol–water partition coefficient (Wildman–Crippen LogP) is 5.03. The molecule has 0 spiro atoms. The van der Waals surface area contributed by atoms with Gasteiger partial charge < -0.3 is 19.3 Å². The summed E-state index contributed by atoms with van der Waals surface area (Å²) in [7, 11) is 0. The summed E-state index contributed by atoms with van der Waals surface area (Å²) in [5.74, 6) is 2.47. The maximum Gasteiger partial charge on any atom is 0.160 e. The van der Waals surface area contributed by atoms with Crippen LogP contribution in [0.1, 0.15) is 91.4 Å². The van der Waals surface area contributed by atoms with Gasteiger partial charge in [0, 0.05) is 18.6 Å². The van der Waals surface area contributed by atoms with E-state index >= 15 is 0 Å². The van der Waals surface area contributed by atoms with Gasteiger partial charge in [0.25, 0.3) is 0 Å². The van der Waals surface area contributed by atoms with E-state index in [2.05, 4.69) is 26.7 Å². The van der Waals surface area contributed by atoms with Crippen LogP contribution in [0, 0.1) is 17.8 Å². The molecule has 4 heteroatoms. The van der Waals surface area contributed by atoms with Gasteiger partial charge >= 0.3 is 0 Å². The van der Waals surface area contributed by atoms with E-state index in [0.29, 0.717) is 0 Å². The molecule has 2 fully saturated rings. The highest BCUT2D eigenvalue weighted by Gasteiger charge is 2.32. The average molecular weight is 369 g/mol. The van der Waals surface area contributed by atoms with E-state index in [1.165, 1.54) is 32.1 Å². The number of aliphatic hydroxyl groups excluding tert-OH is 1. The normalized spacial score (nSPS) is 24.9. The molecule has 0 aromatic heterocycles. The molecule has 26 heavy (non-hydrogen) atoms. The fourth-order valence-corrected chi connectivity index (χ4v) is 3.64. The first-order valence-corrected chi connectivity index (χ1v) is 10.6. The van der Waals surface area contributed by atoms with Gasteiger partial charge in [-0.2, -0.15) is 0 Å². The molecule has 152 valence electrons. The Morgan fingerprint density at radius 1 is 1.04 bits per heavy atom. The van der Waals surface area contributed by atoms with E-state index < -0.39 is 6.10 Å². The lowest BCUT2D eigenvalue weighted by Crippen LogP contribution is -2.33. The summed E-state index contributed by atoms with van der Waals surface area (Å²) >= 11 is 0. The summed E-state index contributed by atoms with van der Waals surface area (Å²) in [6, 6.07) is 0. The summed E-state index contributed by atoms with van der Waals surface area (Å²) in [5, 5.41) is 9.76. The van der Waals surface area contributed by atoms with Gasteiger partial charge in [0.2, 0.25) is 0 Å². The fraction of sp³-hybridized carbons (Fsp3) is 0.909. The number of hydrogen-bond donors (Lipinski definition) is 1. The molecule has 3 unspecified atom stereocenters. The van der Waals surface area contributed by atoms with Crippen molar-refractivity contribution in [1.82, 2.24) is 0 Å². The number of hydrogen-bond acceptors (Lipinski definition) is 4. The topological polar surface area (TPSA) is 47.9 Å². The molecule has 0 radical (unpaired) electrons. The summed E-state index contributed by atoms with van der Waals surface area (Å²) < 4.78 is 16.6. The Morgan fingerprint density at radius 3 is 1.92 bits per heavy atom. The van der Waals surface area contributed by atoms with Gasteiger partial charge in [-0.05, 0) is 57.8 Å². The van der Waals surface area contributed by atoms with Crippen LogP contribution < -0.4 is 0 Å². The van der Waals surface area contributed by atoms with Gasteiger partial charge in [0.1, 0.15) is 6.10 Å². The molecule has 0 bridgehead atoms. The Balaban J connectivity index is 0.000000260. The number of rotatable bonds is 8. The van der Waals surface area contributed by atoms with Crippen LogP contribution in [-0.2, 0) is 14.2 Å². The van der Waals surface area contributed by atoms with Gasteiger partial charge in [0.15, 0.2) is 12.6 Å². The molecule has 2 heterocycles.